The molecule has 0 saturated carbocycles. The number of likely N-dealkylation sites (tertiary alicyclic amines) is 1. The van der Waals surface area contributed by atoms with E-state index in [1.807, 2.05) is 49.3 Å². The van der Waals surface area contributed by atoms with Crippen molar-refractivity contribution in [1.29, 1.82) is 0 Å². The van der Waals surface area contributed by atoms with E-state index in [2.05, 4.69) is 20.6 Å². The Balaban J connectivity index is 1.05. The average molecular weight is 752 g/mol. The SMILES string of the molecule is CN(C)CCNC(=O)c1ccc2c(=O)n(CC3(O)CCN(C(=O)[C@H](CCCNC(=O)c4ccc5c(Cl)ccnc5c4)Cc4ccccc4)CC3)cnc2c1. The number of halogens is 1. The topological polar surface area (TPSA) is 150 Å². The predicted octanol–water partition coefficient (Wildman–Crippen LogP) is 4.31. The Morgan fingerprint density at radius 1 is 0.889 bits per heavy atom. The highest BCUT2D eigenvalue weighted by atomic mass is 35.5. The number of hydrogen-bond acceptors (Lipinski definition) is 8. The summed E-state index contributed by atoms with van der Waals surface area (Å²) in [6.07, 6.45) is 5.35. The number of carbonyl (C=O) groups is 3. The zero-order valence-corrected chi connectivity index (χ0v) is 31.4. The van der Waals surface area contributed by atoms with Gasteiger partial charge in [0.2, 0.25) is 5.91 Å². The largest absolute Gasteiger partial charge is 0.388 e. The van der Waals surface area contributed by atoms with E-state index in [0.717, 1.165) is 10.9 Å². The van der Waals surface area contributed by atoms with Crippen molar-refractivity contribution in [2.45, 2.75) is 44.2 Å². The van der Waals surface area contributed by atoms with Gasteiger partial charge in [-0.25, -0.2) is 4.98 Å². The Hall–Kier alpha value is -5.17. The monoisotopic (exact) mass is 751 g/mol. The molecule has 1 aliphatic rings. The summed E-state index contributed by atoms with van der Waals surface area (Å²) < 4.78 is 1.41. The standard InChI is InChI=1S/C41H46ClN7O5/c1-47(2)22-19-45-38(51)30-11-13-33-36(25-30)46-27-49(40(33)53)26-41(54)15-20-48(21-16-41)39(52)31(23-28-7-4-3-5-8-28)9-6-17-44-37(50)29-10-12-32-34(42)14-18-43-35(32)24-29/h3-5,7-8,10-14,18,24-25,27,31,54H,6,9,15-17,19-23,26H2,1-2H3,(H,44,50)(H,45,51)/t31-/m1/s1. The van der Waals surface area contributed by atoms with Gasteiger partial charge in [-0.15, -0.1) is 0 Å². The molecule has 0 unspecified atom stereocenters. The van der Waals surface area contributed by atoms with Crippen LogP contribution in [0.5, 0.6) is 0 Å². The number of benzene rings is 3. The molecule has 1 aliphatic heterocycles. The predicted molar refractivity (Wildman–Crippen MR) is 210 cm³/mol. The third-order valence-electron chi connectivity index (χ3n) is 10.0. The molecule has 12 nitrogen and oxygen atoms in total. The van der Waals surface area contributed by atoms with Crippen LogP contribution in [0.25, 0.3) is 21.8 Å². The fourth-order valence-electron chi connectivity index (χ4n) is 6.90. The van der Waals surface area contributed by atoms with E-state index in [-0.39, 0.29) is 35.7 Å². The van der Waals surface area contributed by atoms with Crippen molar-refractivity contribution in [3.63, 3.8) is 0 Å². The van der Waals surface area contributed by atoms with E-state index in [9.17, 15) is 24.3 Å². The minimum atomic E-state index is -1.20. The molecule has 13 heteroatoms. The van der Waals surface area contributed by atoms with Gasteiger partial charge in [-0.2, -0.15) is 0 Å². The van der Waals surface area contributed by atoms with E-state index in [0.29, 0.717) is 97.4 Å². The highest BCUT2D eigenvalue weighted by molar-refractivity contribution is 6.35. The first-order chi connectivity index (χ1) is 26.0. The van der Waals surface area contributed by atoms with Crippen LogP contribution in [-0.4, -0.2) is 99.6 Å². The van der Waals surface area contributed by atoms with Gasteiger partial charge in [0.25, 0.3) is 17.4 Å². The van der Waals surface area contributed by atoms with Gasteiger partial charge in [-0.05, 0) is 88.2 Å². The Morgan fingerprint density at radius 3 is 2.22 bits per heavy atom. The van der Waals surface area contributed by atoms with E-state index < -0.39 is 5.60 Å². The molecule has 1 fully saturated rings. The van der Waals surface area contributed by atoms with Crippen molar-refractivity contribution in [1.82, 2.24) is 35.0 Å². The summed E-state index contributed by atoms with van der Waals surface area (Å²) in [6, 6.07) is 21.6. The summed E-state index contributed by atoms with van der Waals surface area (Å²) in [5, 5.41) is 19.1. The van der Waals surface area contributed by atoms with Crippen molar-refractivity contribution in [2.24, 2.45) is 5.92 Å². The second kappa shape index (κ2) is 17.3. The number of nitrogens with zero attached hydrogens (tertiary/aromatic N) is 5. The first-order valence-electron chi connectivity index (χ1n) is 18.3. The third-order valence-corrected chi connectivity index (χ3v) is 10.4. The molecule has 3 heterocycles. The number of likely N-dealkylation sites (N-methyl/N-ethyl adjacent to an activating group) is 1. The fraction of sp³-hybridized carbons (Fsp3) is 0.366. The van der Waals surface area contributed by atoms with Gasteiger partial charge in [0, 0.05) is 61.4 Å². The molecular weight excluding hydrogens is 706 g/mol. The molecule has 0 radical (unpaired) electrons. The minimum absolute atomic E-state index is 0.0100. The molecule has 2 aromatic heterocycles. The number of aromatic nitrogens is 3. The van der Waals surface area contributed by atoms with Crippen LogP contribution in [-0.2, 0) is 17.8 Å². The van der Waals surface area contributed by atoms with Gasteiger partial charge < -0.3 is 25.5 Å². The quantitative estimate of drug-likeness (QED) is 0.142. The molecule has 1 atom stereocenters. The summed E-state index contributed by atoms with van der Waals surface area (Å²) in [5.41, 5.74) is 1.50. The van der Waals surface area contributed by atoms with Crippen LogP contribution in [0.4, 0.5) is 0 Å². The summed E-state index contributed by atoms with van der Waals surface area (Å²) in [4.78, 5) is 65.5. The highest BCUT2D eigenvalue weighted by Crippen LogP contribution is 2.27. The van der Waals surface area contributed by atoms with Gasteiger partial charge in [-0.3, -0.25) is 28.7 Å². The maximum atomic E-state index is 14.0. The molecule has 3 N–H and O–H groups in total. The van der Waals surface area contributed by atoms with Crippen molar-refractivity contribution < 1.29 is 19.5 Å². The number of nitrogens with one attached hydrogen (secondary N) is 2. The Kier molecular flexibility index (Phi) is 12.4. The molecule has 3 aromatic carbocycles. The van der Waals surface area contributed by atoms with Crippen LogP contribution < -0.4 is 16.2 Å². The third kappa shape index (κ3) is 9.49. The first-order valence-corrected chi connectivity index (χ1v) is 18.7. The van der Waals surface area contributed by atoms with E-state index in [1.165, 1.54) is 10.9 Å². The van der Waals surface area contributed by atoms with Gasteiger partial charge >= 0.3 is 0 Å². The molecule has 282 valence electrons. The van der Waals surface area contributed by atoms with Gasteiger partial charge in [0.15, 0.2) is 0 Å². The summed E-state index contributed by atoms with van der Waals surface area (Å²) in [7, 11) is 3.86. The molecule has 54 heavy (non-hydrogen) atoms. The second-order valence-corrected chi connectivity index (χ2v) is 14.7. The van der Waals surface area contributed by atoms with Crippen LogP contribution in [0.15, 0.2) is 90.1 Å². The first kappa shape index (κ1) is 38.6. The minimum Gasteiger partial charge on any atom is -0.388 e. The molecule has 1 saturated heterocycles. The highest BCUT2D eigenvalue weighted by Gasteiger charge is 2.36. The summed E-state index contributed by atoms with van der Waals surface area (Å²) >= 11 is 6.25. The van der Waals surface area contributed by atoms with E-state index >= 15 is 0 Å². The van der Waals surface area contributed by atoms with E-state index in [4.69, 9.17) is 11.6 Å². The lowest BCUT2D eigenvalue weighted by Crippen LogP contribution is -2.51. The van der Waals surface area contributed by atoms with Gasteiger partial charge in [0.1, 0.15) is 0 Å². The van der Waals surface area contributed by atoms with E-state index in [1.54, 1.807) is 53.6 Å². The molecule has 3 amide bonds. The second-order valence-electron chi connectivity index (χ2n) is 14.3. The van der Waals surface area contributed by atoms with Crippen molar-refractivity contribution in [3.05, 3.63) is 117 Å². The lowest BCUT2D eigenvalue weighted by Gasteiger charge is -2.39. The number of fused-ring (bicyclic) bond motifs is 2. The number of amides is 3. The van der Waals surface area contributed by atoms with Crippen LogP contribution in [0.3, 0.4) is 0 Å². The zero-order chi connectivity index (χ0) is 38.2. The summed E-state index contributed by atoms with van der Waals surface area (Å²) in [5.74, 6) is -0.756. The van der Waals surface area contributed by atoms with Crippen LogP contribution in [0.1, 0.15) is 52.0 Å². The Morgan fingerprint density at radius 2 is 1.54 bits per heavy atom. The zero-order valence-electron chi connectivity index (χ0n) is 30.6. The summed E-state index contributed by atoms with van der Waals surface area (Å²) in [6.45, 7) is 2.33. The fourth-order valence-corrected chi connectivity index (χ4v) is 7.12. The Bertz CT molecular complexity index is 2180. The smallest absolute Gasteiger partial charge is 0.261 e. The molecule has 0 aliphatic carbocycles. The molecule has 0 spiro atoms. The lowest BCUT2D eigenvalue weighted by atomic mass is 9.88. The van der Waals surface area contributed by atoms with Crippen LogP contribution in [0.2, 0.25) is 5.02 Å². The molecular formula is C41H46ClN7O5. The number of piperidine rings is 1. The molecule has 5 aromatic rings. The Labute approximate surface area is 319 Å². The van der Waals surface area contributed by atoms with Gasteiger partial charge in [0.05, 0.1) is 39.9 Å². The normalized spacial score (nSPS) is 14.6. The average Bonchev–Trinajstić information content (AvgIpc) is 3.17. The van der Waals surface area contributed by atoms with Crippen molar-refractivity contribution in [2.75, 3.05) is 46.8 Å². The lowest BCUT2D eigenvalue weighted by molar-refractivity contribution is -0.140. The molecule has 0 bridgehead atoms. The van der Waals surface area contributed by atoms with Gasteiger partial charge in [-0.1, -0.05) is 48.0 Å². The maximum Gasteiger partial charge on any atom is 0.261 e. The van der Waals surface area contributed by atoms with Crippen LogP contribution in [0, 0.1) is 5.92 Å². The van der Waals surface area contributed by atoms with Crippen LogP contribution >= 0.6 is 11.6 Å². The molecule has 6 rings (SSSR count). The number of carbonyl (C=O) groups excluding carboxylic acids is 3. The number of rotatable bonds is 14. The van der Waals surface area contributed by atoms with Crippen molar-refractivity contribution >= 4 is 51.1 Å². The maximum absolute atomic E-state index is 14.0. The number of aliphatic hydroxyl groups is 1. The van der Waals surface area contributed by atoms with Crippen molar-refractivity contribution in [3.8, 4) is 0 Å². The number of hydrogen-bond donors (Lipinski definition) is 3. The number of pyridine rings is 1.